The van der Waals surface area contributed by atoms with E-state index in [2.05, 4.69) is 15.0 Å². The molecular weight excluding hydrogens is 338 g/mol. The number of nitrogens with zero attached hydrogens (tertiary/aromatic N) is 2. The molecule has 0 saturated carbocycles. The van der Waals surface area contributed by atoms with E-state index in [1.54, 1.807) is 18.5 Å². The van der Waals surface area contributed by atoms with Crippen LogP contribution < -0.4 is 9.61 Å². The van der Waals surface area contributed by atoms with E-state index in [1.807, 2.05) is 36.4 Å². The van der Waals surface area contributed by atoms with E-state index in [0.717, 1.165) is 33.7 Å². The third-order valence-electron chi connectivity index (χ3n) is 3.68. The zero-order valence-corrected chi connectivity index (χ0v) is 13.8. The Labute approximate surface area is 146 Å². The molecule has 0 radical (unpaired) electrons. The molecule has 0 bridgehead atoms. The fourth-order valence-corrected chi connectivity index (χ4v) is 3.15. The number of hydrogen-bond acceptors (Lipinski definition) is 6. The highest BCUT2D eigenvalue weighted by molar-refractivity contribution is 7.10. The molecule has 1 aliphatic rings. The van der Waals surface area contributed by atoms with Crippen LogP contribution in [0.2, 0.25) is 0 Å². The maximum Gasteiger partial charge on any atom is 0.307 e. The van der Waals surface area contributed by atoms with Gasteiger partial charge >= 0.3 is 4.87 Å². The second-order valence-corrected chi connectivity index (χ2v) is 6.41. The van der Waals surface area contributed by atoms with Crippen molar-refractivity contribution in [2.45, 2.75) is 6.61 Å². The van der Waals surface area contributed by atoms with E-state index >= 15 is 0 Å². The van der Waals surface area contributed by atoms with Gasteiger partial charge in [0.15, 0.2) is 0 Å². The summed E-state index contributed by atoms with van der Waals surface area (Å²) in [6.07, 6.45) is 5.04. The lowest BCUT2D eigenvalue weighted by atomic mass is 10.1. The smallest absolute Gasteiger partial charge is 0.307 e. The Morgan fingerprint density at radius 2 is 2.12 bits per heavy atom. The molecule has 3 aromatic rings. The highest BCUT2D eigenvalue weighted by Gasteiger charge is 2.16. The molecule has 1 aliphatic heterocycles. The number of allylic oxidation sites excluding steroid dienone is 1. The average Bonchev–Trinajstić information content (AvgIpc) is 3.17. The van der Waals surface area contributed by atoms with Gasteiger partial charge in [0.25, 0.3) is 0 Å². The molecule has 2 N–H and O–H groups in total. The summed E-state index contributed by atoms with van der Waals surface area (Å²) in [4.78, 5) is 22.4. The molecule has 0 atom stereocenters. The van der Waals surface area contributed by atoms with Gasteiger partial charge in [0.05, 0.1) is 16.8 Å². The molecule has 0 amide bonds. The molecule has 25 heavy (non-hydrogen) atoms. The van der Waals surface area contributed by atoms with E-state index in [0.29, 0.717) is 17.4 Å². The molecule has 0 saturated heterocycles. The van der Waals surface area contributed by atoms with Crippen molar-refractivity contribution >= 4 is 34.9 Å². The first kappa shape index (κ1) is 15.3. The lowest BCUT2D eigenvalue weighted by Gasteiger charge is -2.07. The second kappa shape index (κ2) is 6.37. The summed E-state index contributed by atoms with van der Waals surface area (Å²) in [6, 6.07) is 11.6. The summed E-state index contributed by atoms with van der Waals surface area (Å²) in [5.74, 6) is 0.351. The first-order valence-electron chi connectivity index (χ1n) is 7.54. The summed E-state index contributed by atoms with van der Waals surface area (Å²) in [5.41, 5.74) is 3.41. The second-order valence-electron chi connectivity index (χ2n) is 5.40. The molecular formula is C18H13N3O3S. The third kappa shape index (κ3) is 3.22. The molecule has 7 heteroatoms. The van der Waals surface area contributed by atoms with Crippen LogP contribution in [0.3, 0.4) is 0 Å². The number of rotatable bonds is 4. The van der Waals surface area contributed by atoms with Gasteiger partial charge in [-0.2, -0.15) is 0 Å². The number of aliphatic imine (C=N–C) groups is 1. The van der Waals surface area contributed by atoms with Crippen LogP contribution in [0.5, 0.6) is 11.8 Å². The van der Waals surface area contributed by atoms with Crippen molar-refractivity contribution in [2.24, 2.45) is 4.99 Å². The molecule has 0 fully saturated rings. The predicted octanol–water partition coefficient (Wildman–Crippen LogP) is 3.37. The molecule has 124 valence electrons. The molecule has 1 aromatic carbocycles. The normalized spacial score (nSPS) is 14.0. The number of aromatic hydroxyl groups is 1. The van der Waals surface area contributed by atoms with Crippen LogP contribution in [0.15, 0.2) is 52.4 Å². The number of nitrogens with one attached hydrogen (secondary N) is 1. The van der Waals surface area contributed by atoms with Crippen LogP contribution in [0.4, 0.5) is 5.69 Å². The Kier molecular flexibility index (Phi) is 3.91. The molecule has 0 aliphatic carbocycles. The number of pyridine rings is 1. The standard InChI is InChI=1S/C18H13N3O3S/c22-17-15(25-18(23)21-17)6-12-8-19-14-9-20-16(7-13(12)14)24-10-11-4-2-1-3-5-11/h1-9,22H,10H2,(H,21,23)/b12-6+. The highest BCUT2D eigenvalue weighted by atomic mass is 32.1. The van der Waals surface area contributed by atoms with Crippen LogP contribution in [-0.2, 0) is 6.61 Å². The number of thiazole rings is 1. The van der Waals surface area contributed by atoms with Gasteiger partial charge in [0.2, 0.25) is 11.8 Å². The van der Waals surface area contributed by atoms with Crippen LogP contribution in [0, 0.1) is 0 Å². The van der Waals surface area contributed by atoms with E-state index in [-0.39, 0.29) is 10.8 Å². The number of fused-ring (bicyclic) bond motifs is 1. The fraction of sp³-hybridized carbons (Fsp3) is 0.0556. The minimum absolute atomic E-state index is 0.140. The summed E-state index contributed by atoms with van der Waals surface area (Å²) in [5, 5.41) is 9.73. The Hall–Kier alpha value is -3.19. The molecule has 0 unspecified atom stereocenters. The number of H-pyrrole nitrogens is 1. The molecule has 3 heterocycles. The van der Waals surface area contributed by atoms with Gasteiger partial charge in [-0.25, -0.2) is 4.98 Å². The van der Waals surface area contributed by atoms with Crippen molar-refractivity contribution in [2.75, 3.05) is 0 Å². The van der Waals surface area contributed by atoms with E-state index in [1.165, 1.54) is 0 Å². The molecule has 4 rings (SSSR count). The zero-order chi connectivity index (χ0) is 17.2. The van der Waals surface area contributed by atoms with E-state index in [9.17, 15) is 9.90 Å². The lowest BCUT2D eigenvalue weighted by molar-refractivity contribution is 0.294. The molecule has 2 aromatic heterocycles. The Bertz CT molecular complexity index is 1040. The van der Waals surface area contributed by atoms with Crippen molar-refractivity contribution in [3.63, 3.8) is 0 Å². The van der Waals surface area contributed by atoms with Crippen LogP contribution in [-0.4, -0.2) is 21.3 Å². The maximum absolute atomic E-state index is 11.3. The average molecular weight is 351 g/mol. The van der Waals surface area contributed by atoms with Crippen LogP contribution >= 0.6 is 11.3 Å². The topological polar surface area (TPSA) is 87.6 Å². The van der Waals surface area contributed by atoms with Crippen molar-refractivity contribution in [3.05, 3.63) is 68.3 Å². The Morgan fingerprint density at radius 1 is 1.28 bits per heavy atom. The Balaban J connectivity index is 1.60. The number of hydrogen-bond donors (Lipinski definition) is 2. The van der Waals surface area contributed by atoms with Crippen LogP contribution in [0.1, 0.15) is 16.0 Å². The number of aromatic amines is 1. The van der Waals surface area contributed by atoms with Crippen molar-refractivity contribution < 1.29 is 9.84 Å². The minimum Gasteiger partial charge on any atom is -0.493 e. The molecule has 6 nitrogen and oxygen atoms in total. The summed E-state index contributed by atoms with van der Waals surface area (Å²) in [6.45, 7) is 0.423. The highest BCUT2D eigenvalue weighted by Crippen LogP contribution is 2.35. The van der Waals surface area contributed by atoms with Gasteiger partial charge in [0.1, 0.15) is 6.61 Å². The monoisotopic (exact) mass is 351 g/mol. The maximum atomic E-state index is 11.3. The minimum atomic E-state index is -0.305. The van der Waals surface area contributed by atoms with Crippen molar-refractivity contribution in [1.29, 1.82) is 0 Å². The van der Waals surface area contributed by atoms with Crippen molar-refractivity contribution in [3.8, 4) is 11.8 Å². The fourth-order valence-electron chi connectivity index (χ4n) is 2.47. The summed E-state index contributed by atoms with van der Waals surface area (Å²) >= 11 is 0.942. The van der Waals surface area contributed by atoms with Crippen molar-refractivity contribution in [1.82, 2.24) is 9.97 Å². The first-order chi connectivity index (χ1) is 12.2. The largest absolute Gasteiger partial charge is 0.493 e. The first-order valence-corrected chi connectivity index (χ1v) is 8.36. The SMILES string of the molecule is O=c1[nH]c(O)c(/C=C2\C=Nc3cnc(OCc4ccccc4)cc32)s1. The lowest BCUT2D eigenvalue weighted by Crippen LogP contribution is -1.97. The van der Waals surface area contributed by atoms with Gasteiger partial charge < -0.3 is 9.84 Å². The number of benzene rings is 1. The number of ether oxygens (including phenoxy) is 1. The predicted molar refractivity (Wildman–Crippen MR) is 97.6 cm³/mol. The Morgan fingerprint density at radius 3 is 2.88 bits per heavy atom. The van der Waals surface area contributed by atoms with Gasteiger partial charge in [-0.15, -0.1) is 0 Å². The van der Waals surface area contributed by atoms with E-state index < -0.39 is 0 Å². The van der Waals surface area contributed by atoms with Gasteiger partial charge in [-0.1, -0.05) is 41.7 Å². The van der Waals surface area contributed by atoms with Gasteiger partial charge in [-0.3, -0.25) is 14.8 Å². The quantitative estimate of drug-likeness (QED) is 0.754. The van der Waals surface area contributed by atoms with Crippen LogP contribution in [0.25, 0.3) is 11.6 Å². The summed E-state index contributed by atoms with van der Waals surface area (Å²) < 4.78 is 5.75. The van der Waals surface area contributed by atoms with Gasteiger partial charge in [0, 0.05) is 23.4 Å². The third-order valence-corrected chi connectivity index (χ3v) is 4.50. The zero-order valence-electron chi connectivity index (χ0n) is 13.0. The van der Waals surface area contributed by atoms with E-state index in [4.69, 9.17) is 4.74 Å². The summed E-state index contributed by atoms with van der Waals surface area (Å²) in [7, 11) is 0. The molecule has 0 spiro atoms. The number of aromatic nitrogens is 2. The van der Waals surface area contributed by atoms with Gasteiger partial charge in [-0.05, 0) is 11.6 Å².